The van der Waals surface area contributed by atoms with Crippen molar-refractivity contribution >= 4 is 0 Å². The molecular formula is C16H29N3O. The van der Waals surface area contributed by atoms with Gasteiger partial charge < -0.3 is 10.5 Å². The molecule has 0 saturated heterocycles. The van der Waals surface area contributed by atoms with Crippen LogP contribution in [0.3, 0.4) is 0 Å². The molecule has 114 valence electrons. The van der Waals surface area contributed by atoms with Gasteiger partial charge in [-0.1, -0.05) is 26.8 Å². The van der Waals surface area contributed by atoms with Gasteiger partial charge in [0.15, 0.2) is 0 Å². The van der Waals surface area contributed by atoms with Gasteiger partial charge in [0.2, 0.25) is 5.88 Å². The number of ether oxygens (including phenoxy) is 1. The van der Waals surface area contributed by atoms with Gasteiger partial charge in [0, 0.05) is 24.7 Å². The van der Waals surface area contributed by atoms with Crippen LogP contribution in [0, 0.1) is 0 Å². The van der Waals surface area contributed by atoms with E-state index >= 15 is 0 Å². The molecule has 1 heterocycles. The first-order valence-electron chi connectivity index (χ1n) is 7.60. The van der Waals surface area contributed by atoms with E-state index in [1.807, 2.05) is 12.1 Å². The molecule has 0 unspecified atom stereocenters. The van der Waals surface area contributed by atoms with Crippen molar-refractivity contribution in [1.82, 2.24) is 9.88 Å². The molecule has 0 radical (unpaired) electrons. The van der Waals surface area contributed by atoms with Crippen LogP contribution < -0.4 is 10.5 Å². The molecule has 0 fully saturated rings. The van der Waals surface area contributed by atoms with Crippen LogP contribution >= 0.6 is 0 Å². The molecule has 0 aromatic carbocycles. The lowest BCUT2D eigenvalue weighted by atomic mass is 9.90. The fourth-order valence-corrected chi connectivity index (χ4v) is 2.72. The first kappa shape index (κ1) is 16.9. The maximum atomic E-state index is 6.08. The van der Waals surface area contributed by atoms with Crippen molar-refractivity contribution in [3.05, 3.63) is 23.9 Å². The van der Waals surface area contributed by atoms with Crippen molar-refractivity contribution in [2.75, 3.05) is 20.2 Å². The number of aromatic nitrogens is 1. The summed E-state index contributed by atoms with van der Waals surface area (Å²) in [7, 11) is 1.65. The van der Waals surface area contributed by atoms with Gasteiger partial charge in [-0.2, -0.15) is 0 Å². The highest BCUT2D eigenvalue weighted by atomic mass is 16.5. The van der Waals surface area contributed by atoms with Crippen molar-refractivity contribution in [2.45, 2.75) is 52.1 Å². The number of methoxy groups -OCH3 is 1. The van der Waals surface area contributed by atoms with Crippen LogP contribution in [0.5, 0.6) is 5.88 Å². The molecule has 4 nitrogen and oxygen atoms in total. The molecule has 20 heavy (non-hydrogen) atoms. The molecule has 0 spiro atoms. The van der Waals surface area contributed by atoms with E-state index in [0.717, 1.165) is 38.0 Å². The smallest absolute Gasteiger partial charge is 0.213 e. The average molecular weight is 279 g/mol. The molecule has 0 aliphatic heterocycles. The SMILES string of the molecule is CCCN(Cc1cccc(OC)n1)C(CC)(CC)CN. The summed E-state index contributed by atoms with van der Waals surface area (Å²) >= 11 is 0. The monoisotopic (exact) mass is 279 g/mol. The molecule has 0 aliphatic rings. The van der Waals surface area contributed by atoms with Gasteiger partial charge in [0.05, 0.1) is 12.8 Å². The van der Waals surface area contributed by atoms with Crippen molar-refractivity contribution in [1.29, 1.82) is 0 Å². The van der Waals surface area contributed by atoms with E-state index in [-0.39, 0.29) is 5.54 Å². The van der Waals surface area contributed by atoms with Gasteiger partial charge in [-0.15, -0.1) is 0 Å². The zero-order valence-electron chi connectivity index (χ0n) is 13.4. The maximum absolute atomic E-state index is 6.08. The van der Waals surface area contributed by atoms with E-state index in [0.29, 0.717) is 12.4 Å². The number of hydrogen-bond donors (Lipinski definition) is 1. The Morgan fingerprint density at radius 3 is 2.45 bits per heavy atom. The number of nitrogens with two attached hydrogens (primary N) is 1. The predicted octanol–water partition coefficient (Wildman–Crippen LogP) is 2.82. The largest absolute Gasteiger partial charge is 0.481 e. The molecule has 0 bridgehead atoms. The number of nitrogens with zero attached hydrogens (tertiary/aromatic N) is 2. The highest BCUT2D eigenvalue weighted by Gasteiger charge is 2.31. The molecule has 0 amide bonds. The van der Waals surface area contributed by atoms with Gasteiger partial charge >= 0.3 is 0 Å². The van der Waals surface area contributed by atoms with Gasteiger partial charge in [0.25, 0.3) is 0 Å². The highest BCUT2D eigenvalue weighted by Crippen LogP contribution is 2.25. The fourth-order valence-electron chi connectivity index (χ4n) is 2.72. The van der Waals surface area contributed by atoms with Gasteiger partial charge in [-0.3, -0.25) is 4.90 Å². The molecule has 1 aromatic rings. The normalized spacial score (nSPS) is 11.9. The maximum Gasteiger partial charge on any atom is 0.213 e. The molecular weight excluding hydrogens is 250 g/mol. The minimum absolute atomic E-state index is 0.0702. The second-order valence-electron chi connectivity index (χ2n) is 5.23. The van der Waals surface area contributed by atoms with Crippen molar-refractivity contribution < 1.29 is 4.74 Å². The van der Waals surface area contributed by atoms with Crippen molar-refractivity contribution in [3.8, 4) is 5.88 Å². The highest BCUT2D eigenvalue weighted by molar-refractivity contribution is 5.16. The lowest BCUT2D eigenvalue weighted by Crippen LogP contribution is -2.53. The quantitative estimate of drug-likeness (QED) is 0.755. The molecule has 2 N–H and O–H groups in total. The van der Waals surface area contributed by atoms with Gasteiger partial charge in [-0.05, 0) is 31.9 Å². The zero-order chi connectivity index (χ0) is 15.0. The topological polar surface area (TPSA) is 51.4 Å². The molecule has 1 rings (SSSR count). The first-order chi connectivity index (χ1) is 9.65. The average Bonchev–Trinajstić information content (AvgIpc) is 2.50. The molecule has 4 heteroatoms. The summed E-state index contributed by atoms with van der Waals surface area (Å²) in [4.78, 5) is 7.01. The third kappa shape index (κ3) is 3.93. The van der Waals surface area contributed by atoms with E-state index in [1.54, 1.807) is 7.11 Å². The number of rotatable bonds is 9. The predicted molar refractivity (Wildman–Crippen MR) is 83.9 cm³/mol. The minimum Gasteiger partial charge on any atom is -0.481 e. The Morgan fingerprint density at radius 2 is 1.95 bits per heavy atom. The number of hydrogen-bond acceptors (Lipinski definition) is 4. The van der Waals surface area contributed by atoms with Crippen LogP contribution in [0.15, 0.2) is 18.2 Å². The third-order valence-corrected chi connectivity index (χ3v) is 4.20. The van der Waals surface area contributed by atoms with E-state index in [1.165, 1.54) is 0 Å². The van der Waals surface area contributed by atoms with E-state index in [9.17, 15) is 0 Å². The molecule has 0 atom stereocenters. The summed E-state index contributed by atoms with van der Waals surface area (Å²) in [5.41, 5.74) is 7.19. The second-order valence-corrected chi connectivity index (χ2v) is 5.23. The van der Waals surface area contributed by atoms with E-state index in [2.05, 4.69) is 36.7 Å². The summed E-state index contributed by atoms with van der Waals surface area (Å²) in [6.07, 6.45) is 3.24. The minimum atomic E-state index is 0.0702. The standard InChI is InChI=1S/C16H29N3O/c1-5-11-19(16(6-2,7-3)13-17)12-14-9-8-10-15(18-14)20-4/h8-10H,5-7,11-13,17H2,1-4H3. The van der Waals surface area contributed by atoms with Crippen LogP contribution in [-0.2, 0) is 6.54 Å². The van der Waals surface area contributed by atoms with E-state index < -0.39 is 0 Å². The van der Waals surface area contributed by atoms with Crippen LogP contribution in [0.4, 0.5) is 0 Å². The van der Waals surface area contributed by atoms with Crippen LogP contribution in [-0.4, -0.2) is 35.6 Å². The van der Waals surface area contributed by atoms with E-state index in [4.69, 9.17) is 10.5 Å². The summed E-state index contributed by atoms with van der Waals surface area (Å²) in [6.45, 7) is 9.19. The molecule has 0 saturated carbocycles. The van der Waals surface area contributed by atoms with Gasteiger partial charge in [-0.25, -0.2) is 4.98 Å². The molecule has 0 aliphatic carbocycles. The van der Waals surface area contributed by atoms with Gasteiger partial charge in [0.1, 0.15) is 0 Å². The fraction of sp³-hybridized carbons (Fsp3) is 0.688. The lowest BCUT2D eigenvalue weighted by molar-refractivity contribution is 0.0751. The lowest BCUT2D eigenvalue weighted by Gasteiger charge is -2.42. The van der Waals surface area contributed by atoms with Crippen LogP contribution in [0.25, 0.3) is 0 Å². The Balaban J connectivity index is 2.95. The summed E-state index contributed by atoms with van der Waals surface area (Å²) in [6, 6.07) is 5.93. The molecule has 1 aromatic heterocycles. The Hall–Kier alpha value is -1.13. The van der Waals surface area contributed by atoms with Crippen LogP contribution in [0.2, 0.25) is 0 Å². The Labute approximate surface area is 123 Å². The Morgan fingerprint density at radius 1 is 1.25 bits per heavy atom. The number of pyridine rings is 1. The zero-order valence-corrected chi connectivity index (χ0v) is 13.4. The Kier molecular flexibility index (Phi) is 6.96. The Bertz CT molecular complexity index is 383. The summed E-state index contributed by atoms with van der Waals surface area (Å²) in [5, 5.41) is 0. The summed E-state index contributed by atoms with van der Waals surface area (Å²) < 4.78 is 5.21. The third-order valence-electron chi connectivity index (χ3n) is 4.20. The van der Waals surface area contributed by atoms with Crippen molar-refractivity contribution in [2.24, 2.45) is 5.73 Å². The second kappa shape index (κ2) is 8.22. The summed E-state index contributed by atoms with van der Waals surface area (Å²) in [5.74, 6) is 0.672. The first-order valence-corrected chi connectivity index (χ1v) is 7.60. The van der Waals surface area contributed by atoms with Crippen LogP contribution in [0.1, 0.15) is 45.7 Å². The van der Waals surface area contributed by atoms with Crippen molar-refractivity contribution in [3.63, 3.8) is 0 Å².